The molecule has 1 aliphatic carbocycles. The minimum atomic E-state index is -0.227. The Labute approximate surface area is 96.2 Å². The predicted molar refractivity (Wildman–Crippen MR) is 66.1 cm³/mol. The summed E-state index contributed by atoms with van der Waals surface area (Å²) in [5.74, 6) is 1.96. The quantitative estimate of drug-likeness (QED) is 0.415. The van der Waals surface area contributed by atoms with Crippen LogP contribution in [-0.4, -0.2) is 5.78 Å². The van der Waals surface area contributed by atoms with E-state index in [1.165, 1.54) is 17.6 Å². The van der Waals surface area contributed by atoms with E-state index in [-0.39, 0.29) is 5.78 Å². The van der Waals surface area contributed by atoms with Crippen molar-refractivity contribution in [3.63, 3.8) is 0 Å². The molecule has 1 aliphatic rings. The van der Waals surface area contributed by atoms with E-state index in [0.717, 1.165) is 18.4 Å². The van der Waals surface area contributed by atoms with Crippen LogP contribution in [0.15, 0.2) is 29.8 Å². The molecule has 16 heavy (non-hydrogen) atoms. The number of benzene rings is 1. The third kappa shape index (κ3) is 1.79. The standard InChI is InChI=1S/C15H14O/c1-3-15(16)14-10-5-4-9-13(14)11(2)12-7-6-8-12/h1,4-5,9-10H,6-8H2,2H3. The number of terminal acetylenes is 1. The fourth-order valence-electron chi connectivity index (χ4n) is 2.00. The van der Waals surface area contributed by atoms with Gasteiger partial charge in [0.25, 0.3) is 0 Å². The molecule has 0 N–H and O–H groups in total. The van der Waals surface area contributed by atoms with Gasteiger partial charge < -0.3 is 0 Å². The molecule has 0 heterocycles. The SMILES string of the molecule is C#CC(=O)c1ccccc1C(C)=C1CCC1. The lowest BCUT2D eigenvalue weighted by Crippen LogP contribution is -2.04. The minimum Gasteiger partial charge on any atom is -0.279 e. The molecule has 0 radical (unpaired) electrons. The van der Waals surface area contributed by atoms with Gasteiger partial charge in [-0.05, 0) is 49.3 Å². The maximum atomic E-state index is 11.6. The van der Waals surface area contributed by atoms with Gasteiger partial charge in [0.05, 0.1) is 0 Å². The van der Waals surface area contributed by atoms with Crippen molar-refractivity contribution >= 4 is 11.4 Å². The first kappa shape index (κ1) is 10.7. The van der Waals surface area contributed by atoms with Gasteiger partial charge in [0.1, 0.15) is 0 Å². The molecule has 0 atom stereocenters. The molecular weight excluding hydrogens is 196 g/mol. The highest BCUT2D eigenvalue weighted by Crippen LogP contribution is 2.34. The van der Waals surface area contributed by atoms with Gasteiger partial charge in [0, 0.05) is 5.56 Å². The fourth-order valence-corrected chi connectivity index (χ4v) is 2.00. The molecule has 0 aliphatic heterocycles. The summed E-state index contributed by atoms with van der Waals surface area (Å²) in [5, 5.41) is 0. The first-order valence-corrected chi connectivity index (χ1v) is 5.53. The van der Waals surface area contributed by atoms with E-state index in [1.807, 2.05) is 18.2 Å². The van der Waals surface area contributed by atoms with E-state index < -0.39 is 0 Å². The Hall–Kier alpha value is -1.81. The average molecular weight is 210 g/mol. The highest BCUT2D eigenvalue weighted by atomic mass is 16.1. The lowest BCUT2D eigenvalue weighted by atomic mass is 9.84. The van der Waals surface area contributed by atoms with Crippen LogP contribution in [0.25, 0.3) is 5.57 Å². The first-order valence-electron chi connectivity index (χ1n) is 5.53. The first-order chi connectivity index (χ1) is 7.74. The molecule has 0 unspecified atom stereocenters. The predicted octanol–water partition coefficient (Wildman–Crippen LogP) is 3.46. The molecule has 1 aromatic carbocycles. The van der Waals surface area contributed by atoms with Crippen LogP contribution < -0.4 is 0 Å². The second-order valence-electron chi connectivity index (χ2n) is 4.10. The van der Waals surface area contributed by atoms with Crippen LogP contribution in [0.4, 0.5) is 0 Å². The summed E-state index contributed by atoms with van der Waals surface area (Å²) < 4.78 is 0. The lowest BCUT2D eigenvalue weighted by molar-refractivity contribution is 0.105. The number of carbonyl (C=O) groups excluding carboxylic acids is 1. The Kier molecular flexibility index (Phi) is 2.92. The van der Waals surface area contributed by atoms with Crippen LogP contribution >= 0.6 is 0 Å². The van der Waals surface area contributed by atoms with E-state index in [2.05, 4.69) is 12.8 Å². The van der Waals surface area contributed by atoms with E-state index in [0.29, 0.717) is 5.56 Å². The largest absolute Gasteiger partial charge is 0.279 e. The van der Waals surface area contributed by atoms with Crippen LogP contribution in [0.3, 0.4) is 0 Å². The minimum absolute atomic E-state index is 0.227. The number of ketones is 1. The number of Topliss-reactive ketones (excluding diaryl/α,β-unsaturated/α-hetero) is 1. The van der Waals surface area contributed by atoms with E-state index in [9.17, 15) is 4.79 Å². The number of hydrogen-bond acceptors (Lipinski definition) is 1. The molecular formula is C15H14O. The van der Waals surface area contributed by atoms with Crippen molar-refractivity contribution in [3.05, 3.63) is 41.0 Å². The maximum Gasteiger partial charge on any atom is 0.236 e. The number of rotatable bonds is 2. The van der Waals surface area contributed by atoms with Gasteiger partial charge in [-0.1, -0.05) is 23.8 Å². The normalized spacial score (nSPS) is 13.9. The van der Waals surface area contributed by atoms with Crippen molar-refractivity contribution < 1.29 is 4.79 Å². The molecule has 0 bridgehead atoms. The van der Waals surface area contributed by atoms with Gasteiger partial charge in [-0.3, -0.25) is 4.79 Å². The highest BCUT2D eigenvalue weighted by molar-refractivity contribution is 6.11. The number of allylic oxidation sites excluding steroid dienone is 2. The van der Waals surface area contributed by atoms with Gasteiger partial charge in [-0.15, -0.1) is 6.42 Å². The van der Waals surface area contributed by atoms with E-state index in [1.54, 1.807) is 6.07 Å². The van der Waals surface area contributed by atoms with Crippen molar-refractivity contribution in [2.45, 2.75) is 26.2 Å². The van der Waals surface area contributed by atoms with Crippen molar-refractivity contribution in [1.82, 2.24) is 0 Å². The summed E-state index contributed by atoms with van der Waals surface area (Å²) in [6, 6.07) is 7.59. The summed E-state index contributed by atoms with van der Waals surface area (Å²) in [5.41, 5.74) is 4.34. The van der Waals surface area contributed by atoms with Gasteiger partial charge in [-0.25, -0.2) is 0 Å². The summed E-state index contributed by atoms with van der Waals surface area (Å²) >= 11 is 0. The van der Waals surface area contributed by atoms with Gasteiger partial charge in [0.2, 0.25) is 5.78 Å². The van der Waals surface area contributed by atoms with Crippen molar-refractivity contribution in [2.24, 2.45) is 0 Å². The number of hydrogen-bond donors (Lipinski definition) is 0. The van der Waals surface area contributed by atoms with Crippen molar-refractivity contribution in [2.75, 3.05) is 0 Å². The molecule has 1 heteroatoms. The smallest absolute Gasteiger partial charge is 0.236 e. The summed E-state index contributed by atoms with van der Waals surface area (Å²) in [7, 11) is 0. The highest BCUT2D eigenvalue weighted by Gasteiger charge is 2.16. The van der Waals surface area contributed by atoms with Gasteiger partial charge >= 0.3 is 0 Å². The molecule has 1 aromatic rings. The van der Waals surface area contributed by atoms with Crippen LogP contribution in [-0.2, 0) is 0 Å². The van der Waals surface area contributed by atoms with Crippen molar-refractivity contribution in [1.29, 1.82) is 0 Å². The zero-order chi connectivity index (χ0) is 11.5. The van der Waals surface area contributed by atoms with Crippen molar-refractivity contribution in [3.8, 4) is 12.3 Å². The van der Waals surface area contributed by atoms with Crippen LogP contribution in [0.1, 0.15) is 42.1 Å². The third-order valence-electron chi connectivity index (χ3n) is 3.19. The molecule has 1 fully saturated rings. The zero-order valence-corrected chi connectivity index (χ0v) is 9.42. The molecule has 0 saturated heterocycles. The Morgan fingerprint density at radius 3 is 2.38 bits per heavy atom. The second kappa shape index (κ2) is 4.37. The Morgan fingerprint density at radius 2 is 1.88 bits per heavy atom. The third-order valence-corrected chi connectivity index (χ3v) is 3.19. The molecule has 0 spiro atoms. The molecule has 1 saturated carbocycles. The van der Waals surface area contributed by atoms with Gasteiger partial charge in [-0.2, -0.15) is 0 Å². The monoisotopic (exact) mass is 210 g/mol. The number of carbonyl (C=O) groups is 1. The Balaban J connectivity index is 2.49. The fraction of sp³-hybridized carbons (Fsp3) is 0.267. The zero-order valence-electron chi connectivity index (χ0n) is 9.42. The van der Waals surface area contributed by atoms with Crippen LogP contribution in [0, 0.1) is 12.3 Å². The topological polar surface area (TPSA) is 17.1 Å². The van der Waals surface area contributed by atoms with E-state index in [4.69, 9.17) is 6.42 Å². The molecule has 1 nitrogen and oxygen atoms in total. The Morgan fingerprint density at radius 1 is 1.25 bits per heavy atom. The van der Waals surface area contributed by atoms with Crippen LogP contribution in [0.5, 0.6) is 0 Å². The Bertz CT molecular complexity index is 494. The molecule has 0 aromatic heterocycles. The maximum absolute atomic E-state index is 11.6. The summed E-state index contributed by atoms with van der Waals surface area (Å²) in [6.07, 6.45) is 8.76. The second-order valence-corrected chi connectivity index (χ2v) is 4.10. The molecule has 0 amide bonds. The summed E-state index contributed by atoms with van der Waals surface area (Å²) in [4.78, 5) is 11.6. The van der Waals surface area contributed by atoms with Crippen LogP contribution in [0.2, 0.25) is 0 Å². The molecule has 2 rings (SSSR count). The molecule has 80 valence electrons. The lowest BCUT2D eigenvalue weighted by Gasteiger charge is -2.21. The van der Waals surface area contributed by atoms with Gasteiger partial charge in [0.15, 0.2) is 0 Å². The summed E-state index contributed by atoms with van der Waals surface area (Å²) in [6.45, 7) is 2.08. The average Bonchev–Trinajstić information content (AvgIpc) is 2.25. The van der Waals surface area contributed by atoms with E-state index >= 15 is 0 Å².